The number of hydrogen-bond acceptors (Lipinski definition) is 15. The Morgan fingerprint density at radius 3 is 0.985 bits per heavy atom. The van der Waals surface area contributed by atoms with E-state index in [2.05, 4.69) is 139 Å². The summed E-state index contributed by atoms with van der Waals surface area (Å²) in [5.41, 5.74) is 6.00. The lowest BCUT2D eigenvalue weighted by molar-refractivity contribution is 0.277. The van der Waals surface area contributed by atoms with Gasteiger partial charge in [-0.25, -0.2) is 0 Å². The lowest BCUT2D eigenvalue weighted by atomic mass is 10.1. The first-order valence-electron chi connectivity index (χ1n) is 24.1. The highest BCUT2D eigenvalue weighted by Crippen LogP contribution is 2.49. The van der Waals surface area contributed by atoms with Crippen LogP contribution in [-0.2, 0) is 25.7 Å². The Morgan fingerprint density at radius 1 is 0.328 bits per heavy atom. The molecule has 4 fully saturated rings. The molecule has 15 heteroatoms. The Bertz CT molecular complexity index is 2550. The van der Waals surface area contributed by atoms with Crippen LogP contribution in [-0.4, -0.2) is 173 Å². The molecule has 11 rings (SSSR count). The van der Waals surface area contributed by atoms with Crippen LogP contribution < -0.4 is 0 Å². The van der Waals surface area contributed by atoms with E-state index in [1.54, 1.807) is 0 Å². The molecule has 67 heavy (non-hydrogen) atoms. The van der Waals surface area contributed by atoms with Gasteiger partial charge in [0.25, 0.3) is 0 Å². The van der Waals surface area contributed by atoms with E-state index in [0.717, 1.165) is 105 Å². The van der Waals surface area contributed by atoms with Crippen molar-refractivity contribution in [2.45, 2.75) is 25.7 Å². The minimum Gasteiger partial charge on any atom is -0.292 e. The van der Waals surface area contributed by atoms with E-state index in [0.29, 0.717) is 0 Å². The van der Waals surface area contributed by atoms with Crippen molar-refractivity contribution in [1.82, 2.24) is 39.2 Å². The standard InChI is InChI=1S/C52H64N8S7/c1-53-21-25-57(33-53)17-11-37-15-29-61-49(37)43-7-9-45(64-43)51-39(13-19-59-27-23-55(3)35-59)31-47(66-51)41-5-6-42(63-41)48-32-40(14-20-60-28-24-56(4)36-60)52(67-48)46-10-8-44(65-46)50-38(16-30-62-50)12-18-58-26-22-54(2)34-58/h5-10,15-16,29-32H,11-14,17-28,33-36H2,1-4H3. The van der Waals surface area contributed by atoms with Crippen molar-refractivity contribution in [1.29, 1.82) is 0 Å². The molecule has 8 nitrogen and oxygen atoms in total. The quantitative estimate of drug-likeness (QED) is 0.0839. The molecule has 7 aromatic rings. The van der Waals surface area contributed by atoms with Gasteiger partial charge in [0.2, 0.25) is 0 Å². The number of nitrogens with zero attached hydrogens (tertiary/aromatic N) is 8. The SMILES string of the molecule is CN1CCN(CCc2ccsc2-c2ccc(-c3sc(-c4ccc(-c5cc(CCN6CCN(C)C6)c(-c6ccc(-c7sccc7CCN7CCN(C)C7)s6)s5)s4)cc3CCN3CCN(C)C3)s2)C1. The summed E-state index contributed by atoms with van der Waals surface area (Å²) in [6, 6.07) is 24.3. The van der Waals surface area contributed by atoms with Crippen molar-refractivity contribution in [3.05, 3.63) is 93.7 Å². The molecule has 4 aliphatic heterocycles. The average Bonchev–Trinajstić information content (AvgIpc) is 4.16. The average molecular weight is 1030 g/mol. The monoisotopic (exact) mass is 1020 g/mol. The molecule has 0 radical (unpaired) electrons. The van der Waals surface area contributed by atoms with Gasteiger partial charge in [0, 0.05) is 137 Å². The molecule has 4 saturated heterocycles. The Hall–Kier alpha value is -2.42. The number of rotatable bonds is 18. The van der Waals surface area contributed by atoms with Crippen LogP contribution >= 0.6 is 79.4 Å². The highest BCUT2D eigenvalue weighted by atomic mass is 32.1. The zero-order chi connectivity index (χ0) is 45.4. The summed E-state index contributed by atoms with van der Waals surface area (Å²) in [5.74, 6) is 0. The maximum absolute atomic E-state index is 2.62. The van der Waals surface area contributed by atoms with Crippen LogP contribution in [0.25, 0.3) is 58.5 Å². The number of thiophene rings is 7. The van der Waals surface area contributed by atoms with Gasteiger partial charge in [-0.05, 0) is 148 Å². The highest BCUT2D eigenvalue weighted by Gasteiger charge is 2.25. The van der Waals surface area contributed by atoms with Crippen LogP contribution in [0, 0.1) is 0 Å². The largest absolute Gasteiger partial charge is 0.292 e. The molecule has 0 spiro atoms. The van der Waals surface area contributed by atoms with E-state index in [1.807, 2.05) is 79.4 Å². The van der Waals surface area contributed by atoms with Gasteiger partial charge in [0.05, 0.1) is 26.7 Å². The van der Waals surface area contributed by atoms with Crippen LogP contribution in [0.1, 0.15) is 22.3 Å². The summed E-state index contributed by atoms with van der Waals surface area (Å²) in [6.07, 6.45) is 4.39. The summed E-state index contributed by atoms with van der Waals surface area (Å²) < 4.78 is 0. The van der Waals surface area contributed by atoms with Crippen molar-refractivity contribution in [2.75, 3.05) is 133 Å². The fraction of sp³-hybridized carbons (Fsp3) is 0.462. The van der Waals surface area contributed by atoms with Gasteiger partial charge in [-0.1, -0.05) is 0 Å². The molecule has 4 aliphatic rings. The lowest BCUT2D eigenvalue weighted by Crippen LogP contribution is -2.25. The first kappa shape index (κ1) is 46.9. The van der Waals surface area contributed by atoms with Crippen molar-refractivity contribution in [3.63, 3.8) is 0 Å². The van der Waals surface area contributed by atoms with Crippen LogP contribution in [0.5, 0.6) is 0 Å². The minimum atomic E-state index is 1.07. The summed E-state index contributed by atoms with van der Waals surface area (Å²) in [5, 5.41) is 4.60. The van der Waals surface area contributed by atoms with Gasteiger partial charge >= 0.3 is 0 Å². The Labute approximate surface area is 426 Å². The summed E-state index contributed by atoms with van der Waals surface area (Å²) in [6.45, 7) is 18.1. The molecule has 354 valence electrons. The van der Waals surface area contributed by atoms with Gasteiger partial charge in [-0.15, -0.1) is 79.4 Å². The lowest BCUT2D eigenvalue weighted by Gasteiger charge is -2.15. The second-order valence-corrected chi connectivity index (χ2v) is 26.5. The second kappa shape index (κ2) is 21.1. The predicted octanol–water partition coefficient (Wildman–Crippen LogP) is 11.1. The van der Waals surface area contributed by atoms with Gasteiger partial charge < -0.3 is 0 Å². The molecular weight excluding hydrogens is 961 g/mol. The first-order chi connectivity index (χ1) is 32.7. The topological polar surface area (TPSA) is 25.9 Å². The Kier molecular flexibility index (Phi) is 14.8. The molecule has 7 aromatic heterocycles. The zero-order valence-electron chi connectivity index (χ0n) is 39.5. The van der Waals surface area contributed by atoms with Crippen molar-refractivity contribution < 1.29 is 0 Å². The van der Waals surface area contributed by atoms with Crippen LogP contribution in [0.2, 0.25) is 0 Å². The first-order valence-corrected chi connectivity index (χ1v) is 29.9. The molecule has 0 N–H and O–H groups in total. The van der Waals surface area contributed by atoms with E-state index >= 15 is 0 Å². The second-order valence-electron chi connectivity index (χ2n) is 19.3. The fourth-order valence-electron chi connectivity index (χ4n) is 10.2. The van der Waals surface area contributed by atoms with Gasteiger partial charge in [-0.2, -0.15) is 0 Å². The Balaban J connectivity index is 0.857. The third kappa shape index (κ3) is 10.9. The van der Waals surface area contributed by atoms with Gasteiger partial charge in [0.1, 0.15) is 0 Å². The maximum Gasteiger partial charge on any atom is 0.0504 e. The summed E-state index contributed by atoms with van der Waals surface area (Å²) >= 11 is 13.8. The molecule has 0 atom stereocenters. The summed E-state index contributed by atoms with van der Waals surface area (Å²) in [7, 11) is 8.96. The van der Waals surface area contributed by atoms with Crippen LogP contribution in [0.4, 0.5) is 0 Å². The van der Waals surface area contributed by atoms with E-state index in [4.69, 9.17) is 0 Å². The van der Waals surface area contributed by atoms with Crippen molar-refractivity contribution in [3.8, 4) is 58.5 Å². The summed E-state index contributed by atoms with van der Waals surface area (Å²) in [4.78, 5) is 37.3. The zero-order valence-corrected chi connectivity index (χ0v) is 45.2. The van der Waals surface area contributed by atoms with Gasteiger partial charge in [-0.3, -0.25) is 39.2 Å². The van der Waals surface area contributed by atoms with Crippen LogP contribution in [0.15, 0.2) is 71.4 Å². The van der Waals surface area contributed by atoms with E-state index in [9.17, 15) is 0 Å². The number of hydrogen-bond donors (Lipinski definition) is 0. The van der Waals surface area contributed by atoms with E-state index in [1.165, 1.54) is 107 Å². The molecule has 0 unspecified atom stereocenters. The molecule has 0 amide bonds. The van der Waals surface area contributed by atoms with Crippen molar-refractivity contribution >= 4 is 79.4 Å². The van der Waals surface area contributed by atoms with E-state index in [-0.39, 0.29) is 0 Å². The molecule has 0 saturated carbocycles. The fourth-order valence-corrected chi connectivity index (χ4v) is 18.3. The molecule has 11 heterocycles. The molecule has 0 bridgehead atoms. The van der Waals surface area contributed by atoms with Crippen molar-refractivity contribution in [2.24, 2.45) is 0 Å². The Morgan fingerprint density at radius 2 is 0.642 bits per heavy atom. The predicted molar refractivity (Wildman–Crippen MR) is 295 cm³/mol. The molecule has 0 aromatic carbocycles. The normalized spacial score (nSPS) is 18.9. The maximum atomic E-state index is 2.62. The van der Waals surface area contributed by atoms with Crippen LogP contribution in [0.3, 0.4) is 0 Å². The number of likely N-dealkylation sites (N-methyl/N-ethyl adjacent to an activating group) is 4. The smallest absolute Gasteiger partial charge is 0.0504 e. The molecular formula is C52H64N8S7. The third-order valence-electron chi connectivity index (χ3n) is 14.1. The highest BCUT2D eigenvalue weighted by molar-refractivity contribution is 7.31. The molecule has 0 aliphatic carbocycles. The van der Waals surface area contributed by atoms with Gasteiger partial charge in [0.15, 0.2) is 0 Å². The van der Waals surface area contributed by atoms with E-state index < -0.39 is 0 Å². The third-order valence-corrected chi connectivity index (χ3v) is 22.7. The minimum absolute atomic E-state index is 1.07.